The number of hydrogen-bond acceptors (Lipinski definition) is 2. The summed E-state index contributed by atoms with van der Waals surface area (Å²) in [7, 11) is -3.52. The first-order valence-electron chi connectivity index (χ1n) is 7.89. The van der Waals surface area contributed by atoms with E-state index in [1.165, 1.54) is 28.6 Å². The number of halogens is 2. The third kappa shape index (κ3) is 3.75. The summed E-state index contributed by atoms with van der Waals surface area (Å²) in [6, 6.07) is 12.1. The zero-order valence-electron chi connectivity index (χ0n) is 13.4. The molecule has 1 aliphatic rings. The molecule has 0 saturated heterocycles. The Morgan fingerprint density at radius 3 is 2.48 bits per heavy atom. The molecule has 0 aliphatic heterocycles. The Morgan fingerprint density at radius 2 is 1.96 bits per heavy atom. The lowest BCUT2D eigenvalue weighted by Gasteiger charge is -2.34. The molecule has 4 nitrogen and oxygen atoms in total. The van der Waals surface area contributed by atoms with E-state index in [-0.39, 0.29) is 23.0 Å². The van der Waals surface area contributed by atoms with Gasteiger partial charge in [-0.05, 0) is 59.9 Å². The van der Waals surface area contributed by atoms with Gasteiger partial charge in [0.05, 0.1) is 24.2 Å². The highest BCUT2D eigenvalue weighted by Gasteiger charge is 2.45. The van der Waals surface area contributed by atoms with Gasteiger partial charge in [-0.25, -0.2) is 4.39 Å². The summed E-state index contributed by atoms with van der Waals surface area (Å²) in [6.45, 7) is 0.000167. The molecule has 0 radical (unpaired) electrons. The van der Waals surface area contributed by atoms with E-state index in [0.717, 1.165) is 25.3 Å². The summed E-state index contributed by atoms with van der Waals surface area (Å²) in [5, 5.41) is 9.33. The Bertz CT molecular complexity index is 862. The van der Waals surface area contributed by atoms with Gasteiger partial charge in [-0.15, -0.1) is 0 Å². The second kappa shape index (κ2) is 7.22. The molecule has 0 amide bonds. The maximum atomic E-state index is 14.3. The number of hydrogen-bond donors (Lipinski definition) is 1. The maximum absolute atomic E-state index is 14.3. The lowest BCUT2D eigenvalue weighted by molar-refractivity contribution is 0.199. The van der Waals surface area contributed by atoms with Gasteiger partial charge >= 0.3 is 10.4 Å². The largest absolute Gasteiger partial charge is 0.326 e. The number of nitrogens with zero attached hydrogens (tertiary/aromatic N) is 2. The van der Waals surface area contributed by atoms with Crippen molar-refractivity contribution in [2.75, 3.05) is 0 Å². The molecule has 0 aromatic heterocycles. The van der Waals surface area contributed by atoms with E-state index < -0.39 is 16.2 Å². The van der Waals surface area contributed by atoms with Gasteiger partial charge in [0.1, 0.15) is 5.82 Å². The van der Waals surface area contributed by atoms with Gasteiger partial charge in [0, 0.05) is 10.6 Å². The van der Waals surface area contributed by atoms with Crippen LogP contribution in [0.4, 0.5) is 4.39 Å². The predicted octanol–water partition coefficient (Wildman–Crippen LogP) is 4.65. The fraction of sp³-hybridized carbons (Fsp3) is 0.278. The lowest BCUT2D eigenvalue weighted by Crippen LogP contribution is -2.46. The smallest absolute Gasteiger partial charge is 0.207 e. The van der Waals surface area contributed by atoms with Crippen molar-refractivity contribution in [1.29, 1.82) is 5.26 Å². The predicted molar refractivity (Wildman–Crippen MR) is 94.7 cm³/mol. The lowest BCUT2D eigenvalue weighted by atomic mass is 9.93. The van der Waals surface area contributed by atoms with Crippen molar-refractivity contribution < 1.29 is 13.2 Å². The van der Waals surface area contributed by atoms with Gasteiger partial charge in [-0.2, -0.15) is 9.81 Å². The Hall–Kier alpha value is -1.78. The molecule has 0 bridgehead atoms. The number of benzene rings is 2. The molecule has 0 heterocycles. The van der Waals surface area contributed by atoms with Crippen LogP contribution < -0.4 is 0 Å². The Labute approximate surface area is 152 Å². The summed E-state index contributed by atoms with van der Waals surface area (Å²) in [6.07, 6.45) is 2.57. The summed E-state index contributed by atoms with van der Waals surface area (Å²) < 4.78 is 39.6. The molecule has 1 aliphatic carbocycles. The van der Waals surface area contributed by atoms with E-state index in [1.807, 2.05) is 6.07 Å². The molecule has 1 unspecified atom stereocenters. The maximum Gasteiger partial charge on any atom is 0.326 e. The van der Waals surface area contributed by atoms with E-state index in [1.54, 1.807) is 12.1 Å². The van der Waals surface area contributed by atoms with Crippen LogP contribution >= 0.6 is 11.6 Å². The molecule has 1 atom stereocenters. The van der Waals surface area contributed by atoms with Crippen LogP contribution in [0.2, 0.25) is 5.02 Å². The molecular weight excluding hydrogens is 363 g/mol. The van der Waals surface area contributed by atoms with E-state index in [4.69, 9.17) is 16.9 Å². The second-order valence-electron chi connectivity index (χ2n) is 6.03. The quantitative estimate of drug-likeness (QED) is 0.769. The normalized spacial score (nSPS) is 16.9. The Morgan fingerprint density at radius 1 is 1.28 bits per heavy atom. The second-order valence-corrected chi connectivity index (χ2v) is 8.40. The molecule has 0 spiro atoms. The van der Waals surface area contributed by atoms with Crippen LogP contribution in [-0.2, 0) is 21.2 Å². The molecule has 3 rings (SSSR count). The van der Waals surface area contributed by atoms with Gasteiger partial charge < -0.3 is 0 Å². The van der Waals surface area contributed by atoms with E-state index in [9.17, 15) is 13.2 Å². The SMILES string of the molecule is N#Cc1ccc(CN(C2CCC2)[S+](=O)(O)c2ccc(Cl)cc2)c(F)c1. The van der Waals surface area contributed by atoms with Crippen LogP contribution in [0, 0.1) is 17.1 Å². The average molecular weight is 380 g/mol. The molecule has 2 aromatic rings. The molecule has 2 aromatic carbocycles. The minimum absolute atomic E-state index is 0.000167. The van der Waals surface area contributed by atoms with Gasteiger partial charge in [0.15, 0.2) is 0 Å². The molecule has 25 heavy (non-hydrogen) atoms. The fourth-order valence-corrected chi connectivity index (χ4v) is 4.57. The van der Waals surface area contributed by atoms with Crippen molar-refractivity contribution in [3.05, 3.63) is 64.4 Å². The summed E-state index contributed by atoms with van der Waals surface area (Å²) >= 11 is 5.86. The Kier molecular flexibility index (Phi) is 5.21. The zero-order valence-corrected chi connectivity index (χ0v) is 14.9. The highest BCUT2D eigenvalue weighted by atomic mass is 35.5. The van der Waals surface area contributed by atoms with Crippen molar-refractivity contribution in [2.45, 2.75) is 36.7 Å². The van der Waals surface area contributed by atoms with Crippen LogP contribution in [0.15, 0.2) is 47.4 Å². The highest BCUT2D eigenvalue weighted by Crippen LogP contribution is 2.35. The van der Waals surface area contributed by atoms with Gasteiger partial charge in [-0.1, -0.05) is 22.0 Å². The monoisotopic (exact) mass is 379 g/mol. The fourth-order valence-electron chi connectivity index (χ4n) is 2.75. The van der Waals surface area contributed by atoms with Crippen molar-refractivity contribution in [3.8, 4) is 6.07 Å². The van der Waals surface area contributed by atoms with Crippen molar-refractivity contribution >= 4 is 22.0 Å². The third-order valence-electron chi connectivity index (χ3n) is 4.43. The highest BCUT2D eigenvalue weighted by molar-refractivity contribution is 7.95. The van der Waals surface area contributed by atoms with E-state index in [0.29, 0.717) is 10.6 Å². The van der Waals surface area contributed by atoms with Crippen LogP contribution in [-0.4, -0.2) is 14.9 Å². The Balaban J connectivity index is 1.94. The standard InChI is InChI=1S/C18H16ClFN2O2S/c19-15-6-8-17(9-7-15)25(23,24)22(16-2-1-3-16)12-14-5-4-13(11-21)10-18(14)20/h4-10,16H,1-3,12H2/p+1. The average Bonchev–Trinajstić information content (AvgIpc) is 2.54. The van der Waals surface area contributed by atoms with Gasteiger partial charge in [0.25, 0.3) is 0 Å². The first kappa shape index (κ1) is 18.0. The number of nitriles is 1. The minimum atomic E-state index is -3.52. The van der Waals surface area contributed by atoms with Crippen LogP contribution in [0.1, 0.15) is 30.4 Å². The first-order valence-corrected chi connectivity index (χ1v) is 9.74. The topological polar surface area (TPSA) is 64.3 Å². The van der Waals surface area contributed by atoms with Gasteiger partial charge in [-0.3, -0.25) is 0 Å². The molecule has 1 saturated carbocycles. The summed E-state index contributed by atoms with van der Waals surface area (Å²) in [4.78, 5) is 0.248. The number of rotatable bonds is 5. The third-order valence-corrected chi connectivity index (χ3v) is 6.63. The van der Waals surface area contributed by atoms with E-state index >= 15 is 0 Å². The summed E-state index contributed by atoms with van der Waals surface area (Å²) in [5.41, 5.74) is 0.514. The van der Waals surface area contributed by atoms with Crippen LogP contribution in [0.25, 0.3) is 0 Å². The van der Waals surface area contributed by atoms with Crippen molar-refractivity contribution in [1.82, 2.24) is 4.31 Å². The molecule has 7 heteroatoms. The molecular formula is C18H17ClFN2O2S+. The molecule has 1 fully saturated rings. The van der Waals surface area contributed by atoms with Crippen LogP contribution in [0.3, 0.4) is 0 Å². The molecule has 1 N–H and O–H groups in total. The van der Waals surface area contributed by atoms with Crippen molar-refractivity contribution in [2.24, 2.45) is 0 Å². The first-order chi connectivity index (χ1) is 11.9. The van der Waals surface area contributed by atoms with Crippen LogP contribution in [0.5, 0.6) is 0 Å². The van der Waals surface area contributed by atoms with Crippen molar-refractivity contribution in [3.63, 3.8) is 0 Å². The zero-order chi connectivity index (χ0) is 18.0. The summed E-state index contributed by atoms with van der Waals surface area (Å²) in [5.74, 6) is -0.547. The molecule has 130 valence electrons. The van der Waals surface area contributed by atoms with E-state index in [2.05, 4.69) is 0 Å². The minimum Gasteiger partial charge on any atom is -0.207 e. The van der Waals surface area contributed by atoms with Gasteiger partial charge in [0.2, 0.25) is 4.90 Å².